The van der Waals surface area contributed by atoms with Crippen molar-refractivity contribution < 1.29 is 67.4 Å². The van der Waals surface area contributed by atoms with E-state index in [1.807, 2.05) is 104 Å². The second-order valence-electron chi connectivity index (χ2n) is 32.6. The van der Waals surface area contributed by atoms with Crippen LogP contribution in [0.15, 0.2) is 91.0 Å². The SMILES string of the molecule is CC[C@H](C)[C@@H]1NC(=O)C[C@H](CC(C)C)N(C)C(=O)[C@H](CC(C)C)N(C)C(=O)[C@H](C)N(C)C(=O)[C@H]([C@@H](C)O)CNC(=O)CC(Cc2ccccc2)N(C)C(=O)[C@@H](C)CN(C)C(=O)C[C@@H](C(=O)N(C)[C@@H](Cc2ccccc2)C(=O)N(C)[C@@H](Cc2ccccc2)C(=O)N[C@@H](C)C(=O)N2CCCCC2)NC(=O)C[C@H](C(C)C)N(C)C1=O. The van der Waals surface area contributed by atoms with Crippen LogP contribution in [-0.4, -0.2) is 275 Å². The molecule has 2 aliphatic rings. The van der Waals surface area contributed by atoms with E-state index in [1.165, 1.54) is 97.5 Å². The molecule has 3 aromatic carbocycles. The van der Waals surface area contributed by atoms with Gasteiger partial charge in [0.15, 0.2) is 0 Å². The van der Waals surface area contributed by atoms with Gasteiger partial charge in [0.1, 0.15) is 42.3 Å². The van der Waals surface area contributed by atoms with Crippen molar-refractivity contribution in [3.8, 4) is 0 Å². The second kappa shape index (κ2) is 44.3. The van der Waals surface area contributed by atoms with Crippen LogP contribution in [0.4, 0.5) is 0 Å². The first kappa shape index (κ1) is 93.3. The molecule has 2 saturated heterocycles. The van der Waals surface area contributed by atoms with Gasteiger partial charge in [0.05, 0.1) is 24.4 Å². The van der Waals surface area contributed by atoms with Crippen LogP contribution in [0.1, 0.15) is 164 Å². The van der Waals surface area contributed by atoms with E-state index >= 15 is 28.8 Å². The molecule has 0 spiro atoms. The number of carbonyl (C=O) groups excluding carboxylic acids is 13. The highest BCUT2D eigenvalue weighted by Crippen LogP contribution is 2.26. The van der Waals surface area contributed by atoms with Gasteiger partial charge < -0.3 is 70.5 Å². The first-order valence-electron chi connectivity index (χ1n) is 40.1. The first-order valence-corrected chi connectivity index (χ1v) is 40.1. The van der Waals surface area contributed by atoms with Crippen LogP contribution < -0.4 is 21.3 Å². The van der Waals surface area contributed by atoms with Gasteiger partial charge in [0.25, 0.3) is 0 Å². The summed E-state index contributed by atoms with van der Waals surface area (Å²) in [6.45, 7) is 21.6. The van der Waals surface area contributed by atoms with Crippen LogP contribution in [0.5, 0.6) is 0 Å². The highest BCUT2D eigenvalue weighted by atomic mass is 16.3. The lowest BCUT2D eigenvalue weighted by Gasteiger charge is -2.39. The molecule has 3 aromatic rings. The molecule has 2 aliphatic heterocycles. The molecular weight excluding hydrogens is 1430 g/mol. The molecule has 27 heteroatoms. The summed E-state index contributed by atoms with van der Waals surface area (Å²) in [5, 5.41) is 22.7. The number of nitrogens with zero attached hydrogens (tertiary/aromatic N) is 9. The van der Waals surface area contributed by atoms with E-state index in [0.717, 1.165) is 29.7 Å². The molecule has 14 atom stereocenters. The second-order valence-corrected chi connectivity index (χ2v) is 32.6. The van der Waals surface area contributed by atoms with Crippen molar-refractivity contribution in [3.05, 3.63) is 108 Å². The van der Waals surface area contributed by atoms with Gasteiger partial charge >= 0.3 is 0 Å². The Bertz CT molecular complexity index is 3630. The number of amides is 13. The fraction of sp³-hybridized carbons (Fsp3) is 0.635. The molecule has 13 amide bonds. The van der Waals surface area contributed by atoms with Crippen LogP contribution in [-0.2, 0) is 81.6 Å². The van der Waals surface area contributed by atoms with Gasteiger partial charge in [-0.3, -0.25) is 62.3 Å². The van der Waals surface area contributed by atoms with Crippen molar-refractivity contribution in [1.29, 1.82) is 0 Å². The van der Waals surface area contributed by atoms with Gasteiger partial charge in [-0.05, 0) is 99.7 Å². The van der Waals surface area contributed by atoms with Crippen LogP contribution in [0.25, 0.3) is 0 Å². The topological polar surface area (TPSA) is 319 Å². The zero-order valence-corrected chi connectivity index (χ0v) is 70.3. The minimum atomic E-state index is -1.71. The summed E-state index contributed by atoms with van der Waals surface area (Å²) in [6, 6.07) is 16.0. The molecule has 620 valence electrons. The number of aliphatic hydroxyl groups is 1. The average Bonchev–Trinajstić information content (AvgIpc) is 0.812. The maximum Gasteiger partial charge on any atom is 0.246 e. The predicted octanol–water partition coefficient (Wildman–Crippen LogP) is 5.59. The van der Waals surface area contributed by atoms with Crippen LogP contribution in [0.2, 0.25) is 0 Å². The van der Waals surface area contributed by atoms with Gasteiger partial charge in [-0.15, -0.1) is 0 Å². The molecule has 27 nitrogen and oxygen atoms in total. The van der Waals surface area contributed by atoms with Crippen molar-refractivity contribution in [2.45, 2.75) is 233 Å². The molecule has 0 aromatic heterocycles. The number of piperidine rings is 1. The number of rotatable bonds is 21. The molecule has 5 N–H and O–H groups in total. The molecule has 0 bridgehead atoms. The van der Waals surface area contributed by atoms with Crippen LogP contribution in [0, 0.1) is 35.5 Å². The van der Waals surface area contributed by atoms with E-state index in [2.05, 4.69) is 21.3 Å². The molecule has 2 fully saturated rings. The van der Waals surface area contributed by atoms with E-state index in [1.54, 1.807) is 68.3 Å². The Hall–Kier alpha value is -9.27. The molecule has 112 heavy (non-hydrogen) atoms. The first-order chi connectivity index (χ1) is 52.7. The quantitative estimate of drug-likeness (QED) is 0.0869. The molecule has 5 rings (SSSR count). The summed E-state index contributed by atoms with van der Waals surface area (Å²) in [4.78, 5) is 206. The number of hydrogen-bond donors (Lipinski definition) is 5. The van der Waals surface area contributed by atoms with E-state index in [0.29, 0.717) is 37.1 Å². The van der Waals surface area contributed by atoms with Gasteiger partial charge in [-0.1, -0.05) is 160 Å². The zero-order valence-electron chi connectivity index (χ0n) is 70.3. The third-order valence-corrected chi connectivity index (χ3v) is 22.6. The monoisotopic (exact) mass is 1560 g/mol. The van der Waals surface area contributed by atoms with Gasteiger partial charge in [0, 0.05) is 133 Å². The summed E-state index contributed by atoms with van der Waals surface area (Å²) < 4.78 is 0. The Labute approximate surface area is 665 Å². The summed E-state index contributed by atoms with van der Waals surface area (Å²) in [5.74, 6) is -11.0. The van der Waals surface area contributed by atoms with E-state index < -0.39 is 174 Å². The standard InChI is InChI=1S/C85H131N13O14/c1-21-56(8)76-85(112)94(17)68(55(6)7)50-74(102)88-67(82(109)97(20)71(46-63-38-30-24-31-39-63)84(111)95(18)69(45-62-36-28-23-29-37-62)77(104)87-58(10)79(106)98-40-32-25-33-41-98)49-75(103)90(13)52-57(9)78(105)92(15)65(44-61-34-26-22-27-35-61)47-72(100)86-51-66(60(12)99)81(108)91(14)59(11)80(107)96(19)70(43-54(4)5)83(110)93(16)64(42-53(2)3)48-73(101)89-76/h22-24,26-31,34-39,53-60,64-71,76,99H,21,25,32-33,40-52H2,1-20H3,(H,86,100)(H,87,104)(H,88,102)(H,89,101)/t56-,57-,58-,59-,60+,64-,65?,66-,67-,68+,69-,70-,71-,76-/m0/s1. The molecule has 0 radical (unpaired) electrons. The Balaban J connectivity index is 1.64. The van der Waals surface area contributed by atoms with E-state index in [4.69, 9.17) is 0 Å². The van der Waals surface area contributed by atoms with Crippen molar-refractivity contribution >= 4 is 76.8 Å². The van der Waals surface area contributed by atoms with Crippen molar-refractivity contribution in [2.24, 2.45) is 35.5 Å². The summed E-state index contributed by atoms with van der Waals surface area (Å²) in [5.41, 5.74) is 2.10. The third-order valence-electron chi connectivity index (χ3n) is 22.6. The maximum absolute atomic E-state index is 15.9. The fourth-order valence-corrected chi connectivity index (χ4v) is 14.9. The largest absolute Gasteiger partial charge is 0.393 e. The number of carbonyl (C=O) groups is 13. The van der Waals surface area contributed by atoms with Crippen molar-refractivity contribution in [2.75, 3.05) is 82.6 Å². The lowest BCUT2D eigenvalue weighted by Crippen LogP contribution is -2.60. The van der Waals surface area contributed by atoms with Crippen molar-refractivity contribution in [1.82, 2.24) is 65.4 Å². The number of benzene rings is 3. The molecule has 2 heterocycles. The Kier molecular flexibility index (Phi) is 36.9. The van der Waals surface area contributed by atoms with Crippen LogP contribution >= 0.6 is 0 Å². The minimum Gasteiger partial charge on any atom is -0.393 e. The number of nitrogens with one attached hydrogen (secondary N) is 4. The summed E-state index contributed by atoms with van der Waals surface area (Å²) in [7, 11) is 11.8. The number of likely N-dealkylation sites (tertiary alicyclic amines) is 1. The lowest BCUT2D eigenvalue weighted by molar-refractivity contribution is -0.152. The number of hydrogen-bond acceptors (Lipinski definition) is 14. The fourth-order valence-electron chi connectivity index (χ4n) is 14.9. The average molecular weight is 1560 g/mol. The predicted molar refractivity (Wildman–Crippen MR) is 431 cm³/mol. The summed E-state index contributed by atoms with van der Waals surface area (Å²) in [6.07, 6.45) is 0.741. The van der Waals surface area contributed by atoms with Gasteiger partial charge in [-0.2, -0.15) is 0 Å². The Morgan fingerprint density at radius 3 is 1.60 bits per heavy atom. The highest BCUT2D eigenvalue weighted by molar-refractivity contribution is 5.98. The minimum absolute atomic E-state index is 0.0134. The Morgan fingerprint density at radius 1 is 0.554 bits per heavy atom. The number of likely N-dealkylation sites (N-methyl/N-ethyl adjacent to an activating group) is 7. The highest BCUT2D eigenvalue weighted by Gasteiger charge is 2.43. The van der Waals surface area contributed by atoms with Crippen molar-refractivity contribution in [3.63, 3.8) is 0 Å². The smallest absolute Gasteiger partial charge is 0.246 e. The van der Waals surface area contributed by atoms with Gasteiger partial charge in [-0.25, -0.2) is 0 Å². The molecular formula is C85H131N13O14. The van der Waals surface area contributed by atoms with Crippen LogP contribution in [0.3, 0.4) is 0 Å². The number of aliphatic hydroxyl groups excluding tert-OH is 1. The van der Waals surface area contributed by atoms with E-state index in [9.17, 15) is 38.7 Å². The van der Waals surface area contributed by atoms with Gasteiger partial charge in [0.2, 0.25) is 76.8 Å². The summed E-state index contributed by atoms with van der Waals surface area (Å²) >= 11 is 0. The zero-order chi connectivity index (χ0) is 83.7. The molecule has 1 unspecified atom stereocenters. The third kappa shape index (κ3) is 26.7. The normalized spacial score (nSPS) is 23.8. The Morgan fingerprint density at radius 2 is 1.07 bits per heavy atom. The molecule has 0 saturated carbocycles. The lowest BCUT2D eigenvalue weighted by atomic mass is 9.93. The maximum atomic E-state index is 15.9. The van der Waals surface area contributed by atoms with E-state index in [-0.39, 0.29) is 69.4 Å². The molecule has 0 aliphatic carbocycles.